The Labute approximate surface area is 146 Å². The van der Waals surface area contributed by atoms with Gasteiger partial charge in [0.15, 0.2) is 0 Å². The summed E-state index contributed by atoms with van der Waals surface area (Å²) in [4.78, 5) is 50.6. The van der Waals surface area contributed by atoms with Gasteiger partial charge in [-0.3, -0.25) is 19.2 Å². The number of ether oxygens (including phenoxy) is 1. The maximum Gasteiger partial charge on any atom is 0.242 e. The molecule has 0 saturated carbocycles. The Kier molecular flexibility index (Phi) is 6.74. The smallest absolute Gasteiger partial charge is 0.242 e. The molecule has 0 aromatic rings. The van der Waals surface area contributed by atoms with E-state index >= 15 is 0 Å². The van der Waals surface area contributed by atoms with Crippen LogP contribution in [0.15, 0.2) is 0 Å². The van der Waals surface area contributed by atoms with Crippen LogP contribution in [0.1, 0.15) is 26.2 Å². The van der Waals surface area contributed by atoms with E-state index in [1.54, 1.807) is 4.90 Å². The molecule has 9 heteroatoms. The summed E-state index contributed by atoms with van der Waals surface area (Å²) in [5, 5.41) is 7.91. The molecule has 3 N–H and O–H groups in total. The normalized spacial score (nSPS) is 29.4. The molecule has 2 saturated heterocycles. The number of nitrogens with one attached hydrogen (secondary N) is 3. The van der Waals surface area contributed by atoms with E-state index in [2.05, 4.69) is 16.0 Å². The number of carbonyl (C=O) groups excluding carboxylic acids is 4. The number of piperidine rings is 1. The van der Waals surface area contributed by atoms with Crippen LogP contribution in [0, 0.1) is 5.92 Å². The van der Waals surface area contributed by atoms with Crippen LogP contribution >= 0.6 is 0 Å². The number of nitrogens with zero attached hydrogens (tertiary/aromatic N) is 1. The molecule has 2 fully saturated rings. The monoisotopic (exact) mass is 354 g/mol. The predicted octanol–water partition coefficient (Wildman–Crippen LogP) is -1.62. The summed E-state index contributed by atoms with van der Waals surface area (Å²) in [7, 11) is 1.48. The quantitative estimate of drug-likeness (QED) is 0.551. The molecule has 2 aliphatic heterocycles. The Morgan fingerprint density at radius 1 is 1.16 bits per heavy atom. The van der Waals surface area contributed by atoms with E-state index in [9.17, 15) is 19.2 Å². The van der Waals surface area contributed by atoms with Gasteiger partial charge in [-0.2, -0.15) is 0 Å². The van der Waals surface area contributed by atoms with Gasteiger partial charge in [-0.25, -0.2) is 0 Å². The van der Waals surface area contributed by atoms with E-state index in [1.165, 1.54) is 14.0 Å². The third-order valence-electron chi connectivity index (χ3n) is 4.44. The highest BCUT2D eigenvalue weighted by Crippen LogP contribution is 2.16. The Morgan fingerprint density at radius 2 is 1.92 bits per heavy atom. The molecule has 2 aliphatic rings. The minimum absolute atomic E-state index is 0.0438. The summed E-state index contributed by atoms with van der Waals surface area (Å²) in [5.41, 5.74) is 0. The lowest BCUT2D eigenvalue weighted by molar-refractivity contribution is -0.142. The maximum atomic E-state index is 12.8. The van der Waals surface area contributed by atoms with E-state index < -0.39 is 23.8 Å². The molecule has 25 heavy (non-hydrogen) atoms. The number of methoxy groups -OCH3 is 1. The Balaban J connectivity index is 2.17. The van der Waals surface area contributed by atoms with Crippen molar-refractivity contribution < 1.29 is 23.9 Å². The molecule has 4 amide bonds. The lowest BCUT2D eigenvalue weighted by Crippen LogP contribution is -2.55. The standard InChI is InChI=1S/C16H26N4O5/c1-10-15(23)17-7-14(22)19-12-4-3-5-20(8-12)16(24)11(9-25-2)6-13(21)18-10/h10-12H,3-9H2,1-2H3,(H,17,23)(H,18,21)(H,19,22). The summed E-state index contributed by atoms with van der Waals surface area (Å²) in [6, 6.07) is -0.944. The van der Waals surface area contributed by atoms with Crippen LogP contribution in [-0.4, -0.2) is 74.0 Å². The second kappa shape index (κ2) is 8.80. The number of rotatable bonds is 2. The van der Waals surface area contributed by atoms with Crippen LogP contribution in [-0.2, 0) is 23.9 Å². The lowest BCUT2D eigenvalue weighted by Gasteiger charge is -2.35. The zero-order chi connectivity index (χ0) is 18.4. The summed E-state index contributed by atoms with van der Waals surface area (Å²) >= 11 is 0. The van der Waals surface area contributed by atoms with E-state index in [-0.39, 0.29) is 37.4 Å². The van der Waals surface area contributed by atoms with Gasteiger partial charge in [0, 0.05) is 32.7 Å². The minimum Gasteiger partial charge on any atom is -0.384 e. The van der Waals surface area contributed by atoms with Crippen molar-refractivity contribution in [3.05, 3.63) is 0 Å². The topological polar surface area (TPSA) is 117 Å². The van der Waals surface area contributed by atoms with E-state index in [4.69, 9.17) is 4.74 Å². The molecular formula is C16H26N4O5. The third-order valence-corrected chi connectivity index (χ3v) is 4.44. The molecule has 0 spiro atoms. The van der Waals surface area contributed by atoms with Gasteiger partial charge in [0.25, 0.3) is 0 Å². The van der Waals surface area contributed by atoms with Gasteiger partial charge in [0.2, 0.25) is 23.6 Å². The van der Waals surface area contributed by atoms with Crippen LogP contribution in [0.25, 0.3) is 0 Å². The second-order valence-electron chi connectivity index (χ2n) is 6.55. The predicted molar refractivity (Wildman–Crippen MR) is 88.3 cm³/mol. The molecule has 2 heterocycles. The number of hydrogen-bond acceptors (Lipinski definition) is 5. The molecule has 3 atom stereocenters. The van der Waals surface area contributed by atoms with Crippen LogP contribution in [0.4, 0.5) is 0 Å². The Hall–Kier alpha value is -2.16. The van der Waals surface area contributed by atoms with Crippen molar-refractivity contribution in [3.63, 3.8) is 0 Å². The Morgan fingerprint density at radius 3 is 2.64 bits per heavy atom. The maximum absolute atomic E-state index is 12.8. The molecule has 0 aromatic heterocycles. The van der Waals surface area contributed by atoms with E-state index in [0.29, 0.717) is 13.1 Å². The summed E-state index contributed by atoms with van der Waals surface area (Å²) in [6.07, 6.45) is 1.50. The first-order chi connectivity index (χ1) is 11.9. The Bertz CT molecular complexity index is 539. The molecule has 0 radical (unpaired) electrons. The lowest BCUT2D eigenvalue weighted by atomic mass is 9.99. The van der Waals surface area contributed by atoms with Crippen LogP contribution < -0.4 is 16.0 Å². The van der Waals surface area contributed by atoms with Gasteiger partial charge in [-0.05, 0) is 19.8 Å². The number of amides is 4. The fourth-order valence-electron chi connectivity index (χ4n) is 3.16. The summed E-state index contributed by atoms with van der Waals surface area (Å²) in [6.45, 7) is 2.50. The number of fused-ring (bicyclic) bond motifs is 2. The fraction of sp³-hybridized carbons (Fsp3) is 0.750. The highest BCUT2D eigenvalue weighted by molar-refractivity contribution is 5.92. The van der Waals surface area contributed by atoms with Crippen molar-refractivity contribution in [1.29, 1.82) is 0 Å². The summed E-state index contributed by atoms with van der Waals surface area (Å²) in [5.74, 6) is -1.92. The highest BCUT2D eigenvalue weighted by Gasteiger charge is 2.32. The molecule has 2 bridgehead atoms. The zero-order valence-corrected chi connectivity index (χ0v) is 14.7. The molecule has 9 nitrogen and oxygen atoms in total. The van der Waals surface area contributed by atoms with Crippen molar-refractivity contribution in [2.75, 3.05) is 33.4 Å². The number of carbonyl (C=O) groups is 4. The molecule has 0 aliphatic carbocycles. The molecule has 140 valence electrons. The zero-order valence-electron chi connectivity index (χ0n) is 14.7. The second-order valence-corrected chi connectivity index (χ2v) is 6.55. The third kappa shape index (κ3) is 5.42. The van der Waals surface area contributed by atoms with Gasteiger partial charge in [0.05, 0.1) is 19.1 Å². The SMILES string of the molecule is COCC1CC(=O)NC(C)C(=O)NCC(=O)NC2CCCN(C2)C1=O. The van der Waals surface area contributed by atoms with Gasteiger partial charge < -0.3 is 25.6 Å². The molecular weight excluding hydrogens is 328 g/mol. The molecule has 3 unspecified atom stereocenters. The number of hydrogen-bond donors (Lipinski definition) is 3. The van der Waals surface area contributed by atoms with E-state index in [1.807, 2.05) is 0 Å². The molecule has 0 aromatic carbocycles. The van der Waals surface area contributed by atoms with Crippen LogP contribution in [0.3, 0.4) is 0 Å². The van der Waals surface area contributed by atoms with Crippen molar-refractivity contribution in [1.82, 2.24) is 20.9 Å². The average Bonchev–Trinajstić information content (AvgIpc) is 2.58. The summed E-state index contributed by atoms with van der Waals surface area (Å²) < 4.78 is 5.10. The first-order valence-electron chi connectivity index (χ1n) is 8.55. The van der Waals surface area contributed by atoms with Gasteiger partial charge in [-0.1, -0.05) is 0 Å². The average molecular weight is 354 g/mol. The van der Waals surface area contributed by atoms with Gasteiger partial charge >= 0.3 is 0 Å². The fourth-order valence-corrected chi connectivity index (χ4v) is 3.16. The first-order valence-corrected chi connectivity index (χ1v) is 8.55. The highest BCUT2D eigenvalue weighted by atomic mass is 16.5. The van der Waals surface area contributed by atoms with Crippen molar-refractivity contribution >= 4 is 23.6 Å². The van der Waals surface area contributed by atoms with E-state index in [0.717, 1.165) is 12.8 Å². The van der Waals surface area contributed by atoms with Crippen LogP contribution in [0.5, 0.6) is 0 Å². The minimum atomic E-state index is -0.790. The van der Waals surface area contributed by atoms with Gasteiger partial charge in [0.1, 0.15) is 6.04 Å². The van der Waals surface area contributed by atoms with Crippen LogP contribution in [0.2, 0.25) is 0 Å². The van der Waals surface area contributed by atoms with Gasteiger partial charge in [-0.15, -0.1) is 0 Å². The molecule has 2 rings (SSSR count). The first kappa shape index (κ1) is 19.2. The van der Waals surface area contributed by atoms with Crippen molar-refractivity contribution in [3.8, 4) is 0 Å². The van der Waals surface area contributed by atoms with Crippen molar-refractivity contribution in [2.45, 2.75) is 38.3 Å². The van der Waals surface area contributed by atoms with Crippen molar-refractivity contribution in [2.24, 2.45) is 5.92 Å². The largest absolute Gasteiger partial charge is 0.384 e.